The maximum absolute atomic E-state index is 11.9. The van der Waals surface area contributed by atoms with E-state index in [1.54, 1.807) is 31.4 Å². The van der Waals surface area contributed by atoms with Gasteiger partial charge in [0.25, 0.3) is 0 Å². The standard InChI is InChI=1S/C23H18O4/c1-26-20-12-9-14-5-3-4-6-17(14)22(20)21-18-10-7-16(23(25)27-2)13-15(18)8-11-19(21)24/h3-13,24H,1-2H3. The number of fused-ring (bicyclic) bond motifs is 2. The van der Waals surface area contributed by atoms with Gasteiger partial charge in [0.05, 0.1) is 19.8 Å². The van der Waals surface area contributed by atoms with E-state index in [1.807, 2.05) is 42.5 Å². The Morgan fingerprint density at radius 1 is 0.815 bits per heavy atom. The number of hydrogen-bond donors (Lipinski definition) is 1. The number of phenols is 1. The van der Waals surface area contributed by atoms with Crippen molar-refractivity contribution in [1.82, 2.24) is 0 Å². The third-order valence-electron chi connectivity index (χ3n) is 4.78. The molecule has 0 unspecified atom stereocenters. The largest absolute Gasteiger partial charge is 0.507 e. The van der Waals surface area contributed by atoms with Crippen LogP contribution in [0.25, 0.3) is 32.7 Å². The average molecular weight is 358 g/mol. The van der Waals surface area contributed by atoms with Crippen LogP contribution in [-0.4, -0.2) is 25.3 Å². The fourth-order valence-corrected chi connectivity index (χ4v) is 3.51. The first-order valence-electron chi connectivity index (χ1n) is 8.54. The van der Waals surface area contributed by atoms with Gasteiger partial charge in [-0.25, -0.2) is 4.79 Å². The lowest BCUT2D eigenvalue weighted by Crippen LogP contribution is -2.00. The van der Waals surface area contributed by atoms with Crippen molar-refractivity contribution in [2.45, 2.75) is 0 Å². The van der Waals surface area contributed by atoms with E-state index < -0.39 is 5.97 Å². The Bertz CT molecular complexity index is 1180. The monoisotopic (exact) mass is 358 g/mol. The summed E-state index contributed by atoms with van der Waals surface area (Å²) < 4.78 is 10.4. The summed E-state index contributed by atoms with van der Waals surface area (Å²) in [5, 5.41) is 14.4. The maximum atomic E-state index is 11.9. The lowest BCUT2D eigenvalue weighted by molar-refractivity contribution is 0.0601. The third kappa shape index (κ3) is 2.75. The number of ether oxygens (including phenoxy) is 2. The molecule has 0 spiro atoms. The summed E-state index contributed by atoms with van der Waals surface area (Å²) in [5.41, 5.74) is 1.97. The summed E-state index contributed by atoms with van der Waals surface area (Å²) in [5.74, 6) is 0.436. The third-order valence-corrected chi connectivity index (χ3v) is 4.78. The molecule has 4 aromatic carbocycles. The Labute approximate surface area is 156 Å². The van der Waals surface area contributed by atoms with E-state index in [4.69, 9.17) is 9.47 Å². The number of aromatic hydroxyl groups is 1. The molecule has 0 atom stereocenters. The first-order valence-corrected chi connectivity index (χ1v) is 8.54. The van der Waals surface area contributed by atoms with Crippen LogP contribution in [0.4, 0.5) is 0 Å². The number of carbonyl (C=O) groups is 1. The van der Waals surface area contributed by atoms with E-state index in [2.05, 4.69) is 0 Å². The second-order valence-corrected chi connectivity index (χ2v) is 6.25. The summed E-state index contributed by atoms with van der Waals surface area (Å²) in [4.78, 5) is 11.9. The van der Waals surface area contributed by atoms with Gasteiger partial charge in [0.1, 0.15) is 11.5 Å². The lowest BCUT2D eigenvalue weighted by Gasteiger charge is -2.16. The zero-order valence-electron chi connectivity index (χ0n) is 15.0. The van der Waals surface area contributed by atoms with Crippen LogP contribution >= 0.6 is 0 Å². The molecule has 4 nitrogen and oxygen atoms in total. The second-order valence-electron chi connectivity index (χ2n) is 6.25. The molecule has 0 aliphatic heterocycles. The summed E-state index contributed by atoms with van der Waals surface area (Å²) in [6.07, 6.45) is 0. The fraction of sp³-hybridized carbons (Fsp3) is 0.0870. The van der Waals surface area contributed by atoms with Crippen LogP contribution in [0.5, 0.6) is 11.5 Å². The first kappa shape index (κ1) is 16.9. The van der Waals surface area contributed by atoms with Gasteiger partial charge >= 0.3 is 5.97 Å². The highest BCUT2D eigenvalue weighted by Crippen LogP contribution is 2.44. The number of benzene rings is 4. The summed E-state index contributed by atoms with van der Waals surface area (Å²) in [6, 6.07) is 20.6. The summed E-state index contributed by atoms with van der Waals surface area (Å²) in [7, 11) is 2.97. The molecule has 0 saturated carbocycles. The van der Waals surface area contributed by atoms with Gasteiger partial charge < -0.3 is 14.6 Å². The van der Waals surface area contributed by atoms with Gasteiger partial charge in [0.15, 0.2) is 0 Å². The minimum absolute atomic E-state index is 0.156. The molecule has 0 aliphatic carbocycles. The summed E-state index contributed by atoms with van der Waals surface area (Å²) >= 11 is 0. The number of rotatable bonds is 3. The van der Waals surface area contributed by atoms with E-state index in [9.17, 15) is 9.90 Å². The zero-order chi connectivity index (χ0) is 19.0. The van der Waals surface area contributed by atoms with Crippen LogP contribution in [0.1, 0.15) is 10.4 Å². The molecule has 1 N–H and O–H groups in total. The van der Waals surface area contributed by atoms with Crippen LogP contribution in [0.3, 0.4) is 0 Å². The molecule has 0 aliphatic rings. The molecule has 0 saturated heterocycles. The SMILES string of the molecule is COC(=O)c1ccc2c(-c3c(OC)ccc4ccccc34)c(O)ccc2c1. The topological polar surface area (TPSA) is 55.8 Å². The molecule has 134 valence electrons. The predicted molar refractivity (Wildman–Crippen MR) is 106 cm³/mol. The van der Waals surface area contributed by atoms with Crippen molar-refractivity contribution in [3.05, 3.63) is 72.3 Å². The van der Waals surface area contributed by atoms with E-state index in [1.165, 1.54) is 7.11 Å². The van der Waals surface area contributed by atoms with Crippen molar-refractivity contribution < 1.29 is 19.4 Å². The van der Waals surface area contributed by atoms with E-state index >= 15 is 0 Å². The van der Waals surface area contributed by atoms with Crippen LogP contribution in [0, 0.1) is 0 Å². The van der Waals surface area contributed by atoms with Crippen molar-refractivity contribution in [2.75, 3.05) is 14.2 Å². The molecular formula is C23H18O4. The van der Waals surface area contributed by atoms with Crippen LogP contribution in [0.15, 0.2) is 66.7 Å². The Morgan fingerprint density at radius 2 is 1.56 bits per heavy atom. The number of esters is 1. The molecule has 4 heteroatoms. The highest BCUT2D eigenvalue weighted by molar-refractivity contribution is 6.10. The van der Waals surface area contributed by atoms with Crippen molar-refractivity contribution in [3.63, 3.8) is 0 Å². The molecular weight excluding hydrogens is 340 g/mol. The van der Waals surface area contributed by atoms with Crippen molar-refractivity contribution in [1.29, 1.82) is 0 Å². The minimum atomic E-state index is -0.394. The van der Waals surface area contributed by atoms with E-state index in [0.717, 1.165) is 27.1 Å². The van der Waals surface area contributed by atoms with Gasteiger partial charge in [0.2, 0.25) is 0 Å². The highest BCUT2D eigenvalue weighted by Gasteiger charge is 2.18. The van der Waals surface area contributed by atoms with Crippen LogP contribution in [0.2, 0.25) is 0 Å². The van der Waals surface area contributed by atoms with Gasteiger partial charge in [0, 0.05) is 11.1 Å². The van der Waals surface area contributed by atoms with Crippen LogP contribution in [-0.2, 0) is 4.74 Å². The molecule has 0 fully saturated rings. The van der Waals surface area contributed by atoms with Crippen molar-refractivity contribution >= 4 is 27.5 Å². The molecule has 27 heavy (non-hydrogen) atoms. The zero-order valence-corrected chi connectivity index (χ0v) is 15.0. The number of carbonyl (C=O) groups excluding carboxylic acids is 1. The molecule has 4 aromatic rings. The number of phenolic OH excluding ortho intramolecular Hbond substituents is 1. The second kappa shape index (κ2) is 6.65. The smallest absolute Gasteiger partial charge is 0.337 e. The molecule has 0 heterocycles. The number of methoxy groups -OCH3 is 2. The van der Waals surface area contributed by atoms with Crippen LogP contribution < -0.4 is 4.74 Å². The predicted octanol–water partition coefficient (Wildman–Crippen LogP) is 5.16. The van der Waals surface area contributed by atoms with Gasteiger partial charge in [-0.15, -0.1) is 0 Å². The first-order chi connectivity index (χ1) is 13.1. The normalized spacial score (nSPS) is 10.9. The Hall–Kier alpha value is -3.53. The Kier molecular flexibility index (Phi) is 4.16. The fourth-order valence-electron chi connectivity index (χ4n) is 3.51. The Balaban J connectivity index is 2.09. The minimum Gasteiger partial charge on any atom is -0.507 e. The molecule has 4 rings (SSSR count). The highest BCUT2D eigenvalue weighted by atomic mass is 16.5. The Morgan fingerprint density at radius 3 is 2.33 bits per heavy atom. The summed E-state index contributed by atoms with van der Waals surface area (Å²) in [6.45, 7) is 0. The molecule has 0 bridgehead atoms. The molecule has 0 aromatic heterocycles. The van der Waals surface area contributed by atoms with E-state index in [0.29, 0.717) is 16.9 Å². The molecule has 0 amide bonds. The average Bonchev–Trinajstić information content (AvgIpc) is 2.72. The lowest BCUT2D eigenvalue weighted by atomic mass is 9.91. The van der Waals surface area contributed by atoms with Crippen molar-refractivity contribution in [3.8, 4) is 22.6 Å². The van der Waals surface area contributed by atoms with E-state index in [-0.39, 0.29) is 5.75 Å². The molecule has 0 radical (unpaired) electrons. The van der Waals surface area contributed by atoms with Gasteiger partial charge in [-0.1, -0.05) is 42.5 Å². The quantitative estimate of drug-likeness (QED) is 0.514. The van der Waals surface area contributed by atoms with Gasteiger partial charge in [-0.3, -0.25) is 0 Å². The van der Waals surface area contributed by atoms with Crippen molar-refractivity contribution in [2.24, 2.45) is 0 Å². The van der Waals surface area contributed by atoms with Gasteiger partial charge in [-0.05, 0) is 45.8 Å². The number of hydrogen-bond acceptors (Lipinski definition) is 4. The van der Waals surface area contributed by atoms with Gasteiger partial charge in [-0.2, -0.15) is 0 Å². The maximum Gasteiger partial charge on any atom is 0.337 e.